The molecule has 2 aromatic rings. The molecule has 174 valence electrons. The molecule has 1 aromatic carbocycles. The summed E-state index contributed by atoms with van der Waals surface area (Å²) >= 11 is 0. The van der Waals surface area contributed by atoms with Gasteiger partial charge in [0.2, 0.25) is 10.0 Å². The van der Waals surface area contributed by atoms with Crippen LogP contribution >= 0.6 is 0 Å². The summed E-state index contributed by atoms with van der Waals surface area (Å²) in [5.41, 5.74) is 2.56. The molecule has 4 atom stereocenters. The molecule has 8 heteroatoms. The van der Waals surface area contributed by atoms with Gasteiger partial charge in [-0.1, -0.05) is 45.2 Å². The molecule has 2 saturated carbocycles. The van der Waals surface area contributed by atoms with E-state index in [1.54, 1.807) is 4.31 Å². The molecule has 1 N–H and O–H groups in total. The van der Waals surface area contributed by atoms with Crippen molar-refractivity contribution in [2.24, 2.45) is 23.7 Å². The molecule has 3 unspecified atom stereocenters. The molecule has 1 aliphatic heterocycles. The Bertz CT molecular complexity index is 1150. The average Bonchev–Trinajstić information content (AvgIpc) is 3.29. The van der Waals surface area contributed by atoms with Crippen LogP contribution in [-0.4, -0.2) is 51.9 Å². The number of aryl methyl sites for hydroxylation is 1. The number of carboxylic acid groups (broad SMARTS) is 1. The smallest absolute Gasteiger partial charge is 0.309 e. The fourth-order valence-electron chi connectivity index (χ4n) is 5.84. The van der Waals surface area contributed by atoms with Crippen LogP contribution in [0.5, 0.6) is 0 Å². The maximum absolute atomic E-state index is 13.4. The third kappa shape index (κ3) is 3.65. The zero-order chi connectivity index (χ0) is 22.8. The maximum Gasteiger partial charge on any atom is 0.309 e. The van der Waals surface area contributed by atoms with E-state index < -0.39 is 16.0 Å². The Morgan fingerprint density at radius 3 is 2.59 bits per heavy atom. The summed E-state index contributed by atoms with van der Waals surface area (Å²) in [4.78, 5) is 11.5. The number of fused-ring (bicyclic) bond motifs is 1. The van der Waals surface area contributed by atoms with Crippen LogP contribution in [0.3, 0.4) is 0 Å². The molecule has 0 spiro atoms. The Morgan fingerprint density at radius 2 is 2.00 bits per heavy atom. The lowest BCUT2D eigenvalue weighted by Crippen LogP contribution is -2.34. The Morgan fingerprint density at radius 1 is 1.25 bits per heavy atom. The third-order valence-corrected chi connectivity index (χ3v) is 10.3. The first-order chi connectivity index (χ1) is 15.2. The van der Waals surface area contributed by atoms with Crippen molar-refractivity contribution < 1.29 is 18.3 Å². The maximum atomic E-state index is 13.4. The zero-order valence-corrected chi connectivity index (χ0v) is 19.9. The number of hydrogen-bond acceptors (Lipinski definition) is 4. The molecule has 0 radical (unpaired) electrons. The van der Waals surface area contributed by atoms with Crippen molar-refractivity contribution in [2.75, 3.05) is 13.1 Å². The molecular weight excluding hydrogens is 426 g/mol. The SMILES string of the molecule is Cc1ccc2c(CC(=O)O)nn([C@H]3CN(S(=O)(=O)C4CC4C(C)C)CC3C3CCC3)c2c1. The topological polar surface area (TPSA) is 92.5 Å². The van der Waals surface area contributed by atoms with E-state index in [2.05, 4.69) is 19.9 Å². The highest BCUT2D eigenvalue weighted by Gasteiger charge is 2.54. The molecule has 1 saturated heterocycles. The highest BCUT2D eigenvalue weighted by molar-refractivity contribution is 7.90. The number of carbonyl (C=O) groups is 1. The fraction of sp³-hybridized carbons (Fsp3) is 0.667. The molecule has 3 aliphatic rings. The summed E-state index contributed by atoms with van der Waals surface area (Å²) in [7, 11) is -3.33. The van der Waals surface area contributed by atoms with E-state index in [4.69, 9.17) is 5.10 Å². The van der Waals surface area contributed by atoms with Crippen LogP contribution in [0.2, 0.25) is 0 Å². The molecule has 1 aromatic heterocycles. The monoisotopic (exact) mass is 459 g/mol. The second kappa shape index (κ2) is 7.83. The first-order valence-corrected chi connectivity index (χ1v) is 13.4. The van der Waals surface area contributed by atoms with Gasteiger partial charge in [0.1, 0.15) is 0 Å². The van der Waals surface area contributed by atoms with Crippen LogP contribution in [-0.2, 0) is 21.2 Å². The van der Waals surface area contributed by atoms with Gasteiger partial charge in [0, 0.05) is 18.5 Å². The van der Waals surface area contributed by atoms with E-state index in [9.17, 15) is 18.3 Å². The standard InChI is InChI=1S/C24H33N3O4S/c1-14(2)18-10-23(18)32(30,31)26-12-19(16-5-4-6-16)22(13-26)27-21-9-15(3)7-8-17(21)20(25-27)11-24(28)29/h7-9,14,16,18-19,22-23H,4-6,10-13H2,1-3H3,(H,28,29)/t18?,19?,22-,23?/m0/s1. The van der Waals surface area contributed by atoms with Crippen LogP contribution in [0.1, 0.15) is 56.8 Å². The molecule has 2 heterocycles. The summed E-state index contributed by atoms with van der Waals surface area (Å²) in [5, 5.41) is 14.8. The van der Waals surface area contributed by atoms with E-state index in [0.717, 1.165) is 35.7 Å². The molecule has 7 nitrogen and oxygen atoms in total. The minimum atomic E-state index is -3.33. The first-order valence-electron chi connectivity index (χ1n) is 11.8. The number of rotatable bonds is 7. The summed E-state index contributed by atoms with van der Waals surface area (Å²) in [6.07, 6.45) is 4.10. The first kappa shape index (κ1) is 21.9. The molecular formula is C24H33N3O4S. The third-order valence-electron chi connectivity index (χ3n) is 8.00. The van der Waals surface area contributed by atoms with Crippen LogP contribution in [0.25, 0.3) is 10.9 Å². The Kier molecular flexibility index (Phi) is 5.36. The Labute approximate surface area is 189 Å². The predicted molar refractivity (Wildman–Crippen MR) is 123 cm³/mol. The number of aliphatic carboxylic acids is 1. The van der Waals surface area contributed by atoms with Gasteiger partial charge in [0.25, 0.3) is 0 Å². The number of sulfonamides is 1. The second-order valence-electron chi connectivity index (χ2n) is 10.4. The average molecular weight is 460 g/mol. The zero-order valence-electron chi connectivity index (χ0n) is 19.1. The largest absolute Gasteiger partial charge is 0.481 e. The van der Waals surface area contributed by atoms with Crippen molar-refractivity contribution in [2.45, 2.75) is 64.2 Å². The van der Waals surface area contributed by atoms with Gasteiger partial charge in [-0.3, -0.25) is 9.48 Å². The number of hydrogen-bond donors (Lipinski definition) is 1. The number of carboxylic acids is 1. The molecule has 3 fully saturated rings. The van der Waals surface area contributed by atoms with Gasteiger partial charge in [0.05, 0.1) is 28.9 Å². The minimum Gasteiger partial charge on any atom is -0.481 e. The van der Waals surface area contributed by atoms with Crippen molar-refractivity contribution in [1.29, 1.82) is 0 Å². The quantitative estimate of drug-likeness (QED) is 0.683. The highest BCUT2D eigenvalue weighted by atomic mass is 32.2. The van der Waals surface area contributed by atoms with Gasteiger partial charge >= 0.3 is 5.97 Å². The fourth-order valence-corrected chi connectivity index (χ4v) is 8.18. The molecule has 32 heavy (non-hydrogen) atoms. The van der Waals surface area contributed by atoms with Crippen molar-refractivity contribution >= 4 is 26.9 Å². The predicted octanol–water partition coefficient (Wildman–Crippen LogP) is 3.62. The van der Waals surface area contributed by atoms with Gasteiger partial charge in [0.15, 0.2) is 0 Å². The van der Waals surface area contributed by atoms with Crippen LogP contribution in [0.15, 0.2) is 18.2 Å². The van der Waals surface area contributed by atoms with E-state index >= 15 is 0 Å². The van der Waals surface area contributed by atoms with Gasteiger partial charge in [-0.15, -0.1) is 0 Å². The molecule has 5 rings (SSSR count). The van der Waals surface area contributed by atoms with E-state index in [1.165, 1.54) is 6.42 Å². The Hall–Kier alpha value is -1.93. The van der Waals surface area contributed by atoms with Crippen LogP contribution in [0, 0.1) is 30.6 Å². The van der Waals surface area contributed by atoms with E-state index in [-0.39, 0.29) is 29.5 Å². The number of benzene rings is 1. The second-order valence-corrected chi connectivity index (χ2v) is 12.6. The normalized spacial score (nSPS) is 29.0. The lowest BCUT2D eigenvalue weighted by atomic mass is 9.74. The lowest BCUT2D eigenvalue weighted by molar-refractivity contribution is -0.136. The molecule has 0 bridgehead atoms. The van der Waals surface area contributed by atoms with Crippen molar-refractivity contribution in [3.8, 4) is 0 Å². The van der Waals surface area contributed by atoms with Crippen molar-refractivity contribution in [3.63, 3.8) is 0 Å². The van der Waals surface area contributed by atoms with E-state index in [1.807, 2.05) is 23.7 Å². The summed E-state index contributed by atoms with van der Waals surface area (Å²) in [5.74, 6) is 0.462. The minimum absolute atomic E-state index is 0.0573. The van der Waals surface area contributed by atoms with Gasteiger partial charge in [-0.2, -0.15) is 9.40 Å². The number of nitrogens with zero attached hydrogens (tertiary/aromatic N) is 3. The lowest BCUT2D eigenvalue weighted by Gasteiger charge is -2.34. The molecule has 2 aliphatic carbocycles. The van der Waals surface area contributed by atoms with Gasteiger partial charge in [-0.05, 0) is 48.6 Å². The summed E-state index contributed by atoms with van der Waals surface area (Å²) in [6, 6.07) is 5.93. The van der Waals surface area contributed by atoms with Crippen molar-refractivity contribution in [3.05, 3.63) is 29.5 Å². The summed E-state index contributed by atoms with van der Waals surface area (Å²) < 4.78 is 30.6. The highest BCUT2D eigenvalue weighted by Crippen LogP contribution is 2.49. The van der Waals surface area contributed by atoms with Crippen LogP contribution in [0.4, 0.5) is 0 Å². The van der Waals surface area contributed by atoms with E-state index in [0.29, 0.717) is 30.6 Å². The number of aromatic nitrogens is 2. The molecule has 0 amide bonds. The summed E-state index contributed by atoms with van der Waals surface area (Å²) in [6.45, 7) is 7.21. The van der Waals surface area contributed by atoms with Gasteiger partial charge < -0.3 is 5.11 Å². The van der Waals surface area contributed by atoms with Crippen molar-refractivity contribution in [1.82, 2.24) is 14.1 Å². The Balaban J connectivity index is 1.52. The van der Waals surface area contributed by atoms with Gasteiger partial charge in [-0.25, -0.2) is 8.42 Å². The van der Waals surface area contributed by atoms with Crippen LogP contribution < -0.4 is 0 Å².